The zero-order chi connectivity index (χ0) is 17.1. The number of nitrogens with zero attached hydrogens (tertiary/aromatic N) is 1. The molecule has 0 bridgehead atoms. The minimum Gasteiger partial charge on any atom is -0.497 e. The van der Waals surface area contributed by atoms with E-state index in [2.05, 4.69) is 6.92 Å². The predicted molar refractivity (Wildman–Crippen MR) is 99.2 cm³/mol. The van der Waals surface area contributed by atoms with E-state index in [0.717, 1.165) is 53.0 Å². The van der Waals surface area contributed by atoms with Crippen LogP contribution in [0.25, 0.3) is 11.1 Å². The summed E-state index contributed by atoms with van der Waals surface area (Å²) in [5, 5.41) is 0. The molecule has 0 atom stereocenters. The molecule has 0 fully saturated rings. The van der Waals surface area contributed by atoms with E-state index in [1.807, 2.05) is 55.6 Å². The molecule has 3 heteroatoms. The number of ether oxygens (including phenoxy) is 1. The van der Waals surface area contributed by atoms with Gasteiger partial charge in [0.05, 0.1) is 18.4 Å². The quantitative estimate of drug-likeness (QED) is 0.742. The SMILES string of the molecule is CCCC/C(=C1\C(=O)N(C)c2ccccc21)c1ccc(OC)cc1. The van der Waals surface area contributed by atoms with Gasteiger partial charge in [-0.1, -0.05) is 43.7 Å². The summed E-state index contributed by atoms with van der Waals surface area (Å²) in [5.41, 5.74) is 5.08. The maximum Gasteiger partial charge on any atom is 0.259 e. The predicted octanol–water partition coefficient (Wildman–Crippen LogP) is 4.77. The van der Waals surface area contributed by atoms with Crippen molar-refractivity contribution in [2.75, 3.05) is 19.1 Å². The van der Waals surface area contributed by atoms with Crippen LogP contribution in [0, 0.1) is 0 Å². The molecule has 1 aliphatic heterocycles. The molecule has 2 aromatic carbocycles. The van der Waals surface area contributed by atoms with Crippen molar-refractivity contribution in [2.24, 2.45) is 0 Å². The minimum atomic E-state index is 0.0816. The van der Waals surface area contributed by atoms with Gasteiger partial charge in [-0.2, -0.15) is 0 Å². The van der Waals surface area contributed by atoms with Crippen molar-refractivity contribution >= 4 is 22.7 Å². The summed E-state index contributed by atoms with van der Waals surface area (Å²) in [7, 11) is 3.51. The van der Waals surface area contributed by atoms with Gasteiger partial charge >= 0.3 is 0 Å². The van der Waals surface area contributed by atoms with E-state index < -0.39 is 0 Å². The molecular weight excluding hydrogens is 298 g/mol. The summed E-state index contributed by atoms with van der Waals surface area (Å²) in [5.74, 6) is 0.909. The van der Waals surface area contributed by atoms with Gasteiger partial charge < -0.3 is 9.64 Å². The fourth-order valence-corrected chi connectivity index (χ4v) is 3.22. The molecule has 3 rings (SSSR count). The highest BCUT2D eigenvalue weighted by molar-refractivity contribution is 6.37. The Morgan fingerprint density at radius 3 is 2.46 bits per heavy atom. The lowest BCUT2D eigenvalue weighted by atomic mass is 9.91. The zero-order valence-corrected chi connectivity index (χ0v) is 14.5. The van der Waals surface area contributed by atoms with Gasteiger partial charge in [0, 0.05) is 12.6 Å². The van der Waals surface area contributed by atoms with E-state index in [9.17, 15) is 4.79 Å². The maximum absolute atomic E-state index is 12.9. The number of carbonyl (C=O) groups is 1. The highest BCUT2D eigenvalue weighted by Gasteiger charge is 2.31. The van der Waals surface area contributed by atoms with Gasteiger partial charge in [-0.25, -0.2) is 0 Å². The van der Waals surface area contributed by atoms with Crippen LogP contribution in [0.1, 0.15) is 37.3 Å². The molecule has 3 nitrogen and oxygen atoms in total. The molecule has 0 unspecified atom stereocenters. The van der Waals surface area contributed by atoms with Gasteiger partial charge in [0.2, 0.25) is 0 Å². The zero-order valence-electron chi connectivity index (χ0n) is 14.5. The first-order valence-electron chi connectivity index (χ1n) is 8.42. The lowest BCUT2D eigenvalue weighted by molar-refractivity contribution is -0.112. The van der Waals surface area contributed by atoms with Crippen molar-refractivity contribution in [1.29, 1.82) is 0 Å². The molecule has 0 saturated heterocycles. The van der Waals surface area contributed by atoms with Gasteiger partial charge in [0.1, 0.15) is 5.75 Å². The molecular formula is C21H23NO2. The number of allylic oxidation sites excluding steroid dienone is 1. The molecule has 124 valence electrons. The molecule has 0 aliphatic carbocycles. The number of hydrogen-bond acceptors (Lipinski definition) is 2. The normalized spacial score (nSPS) is 15.5. The third kappa shape index (κ3) is 2.82. The highest BCUT2D eigenvalue weighted by atomic mass is 16.5. The van der Waals surface area contributed by atoms with E-state index in [0.29, 0.717) is 0 Å². The summed E-state index contributed by atoms with van der Waals surface area (Å²) in [4.78, 5) is 14.7. The van der Waals surface area contributed by atoms with Crippen molar-refractivity contribution < 1.29 is 9.53 Å². The number of hydrogen-bond donors (Lipinski definition) is 0. The number of amides is 1. The number of methoxy groups -OCH3 is 1. The number of para-hydroxylation sites is 1. The van der Waals surface area contributed by atoms with Crippen molar-refractivity contribution in [2.45, 2.75) is 26.2 Å². The molecule has 0 radical (unpaired) electrons. The molecule has 0 aromatic heterocycles. The Balaban J connectivity index is 2.16. The van der Waals surface area contributed by atoms with Crippen LogP contribution < -0.4 is 9.64 Å². The number of likely N-dealkylation sites (N-methyl/N-ethyl adjacent to an activating group) is 1. The Labute approximate surface area is 143 Å². The average molecular weight is 321 g/mol. The van der Waals surface area contributed by atoms with E-state index in [4.69, 9.17) is 4.74 Å². The van der Waals surface area contributed by atoms with Crippen molar-refractivity contribution in [3.05, 3.63) is 59.7 Å². The van der Waals surface area contributed by atoms with Crippen LogP contribution in [-0.4, -0.2) is 20.1 Å². The first-order chi connectivity index (χ1) is 11.7. The van der Waals surface area contributed by atoms with E-state index in [1.165, 1.54) is 0 Å². The highest BCUT2D eigenvalue weighted by Crippen LogP contribution is 2.41. The van der Waals surface area contributed by atoms with Gasteiger partial charge in [0.25, 0.3) is 5.91 Å². The van der Waals surface area contributed by atoms with Crippen molar-refractivity contribution in [3.8, 4) is 5.75 Å². The third-order valence-corrected chi connectivity index (χ3v) is 4.57. The standard InChI is InChI=1S/C21H23NO2/c1-4-5-8-17(15-11-13-16(24-3)14-12-15)20-18-9-6-7-10-19(18)22(2)21(20)23/h6-7,9-14H,4-5,8H2,1-3H3/b20-17+. The second-order valence-corrected chi connectivity index (χ2v) is 6.07. The molecule has 1 heterocycles. The number of fused-ring (bicyclic) bond motifs is 1. The number of carbonyl (C=O) groups excluding carboxylic acids is 1. The molecule has 1 aliphatic rings. The Morgan fingerprint density at radius 1 is 1.08 bits per heavy atom. The maximum atomic E-state index is 12.9. The average Bonchev–Trinajstić information content (AvgIpc) is 2.88. The second-order valence-electron chi connectivity index (χ2n) is 6.07. The minimum absolute atomic E-state index is 0.0816. The fourth-order valence-electron chi connectivity index (χ4n) is 3.22. The van der Waals surface area contributed by atoms with Crippen LogP contribution in [-0.2, 0) is 4.79 Å². The molecule has 0 saturated carbocycles. The Kier molecular flexibility index (Phi) is 4.70. The van der Waals surface area contributed by atoms with Crippen LogP contribution in [0.4, 0.5) is 5.69 Å². The lowest BCUT2D eigenvalue weighted by Gasteiger charge is -2.13. The summed E-state index contributed by atoms with van der Waals surface area (Å²) < 4.78 is 5.26. The van der Waals surface area contributed by atoms with E-state index >= 15 is 0 Å². The summed E-state index contributed by atoms with van der Waals surface area (Å²) in [6.07, 6.45) is 3.05. The second kappa shape index (κ2) is 6.91. The summed E-state index contributed by atoms with van der Waals surface area (Å²) >= 11 is 0. The molecule has 24 heavy (non-hydrogen) atoms. The van der Waals surface area contributed by atoms with Crippen LogP contribution in [0.15, 0.2) is 48.5 Å². The first-order valence-corrected chi connectivity index (χ1v) is 8.42. The molecule has 1 amide bonds. The Morgan fingerprint density at radius 2 is 1.79 bits per heavy atom. The Bertz CT molecular complexity index is 775. The van der Waals surface area contributed by atoms with Crippen LogP contribution in [0.5, 0.6) is 5.75 Å². The van der Waals surface area contributed by atoms with E-state index in [-0.39, 0.29) is 5.91 Å². The third-order valence-electron chi connectivity index (χ3n) is 4.57. The monoisotopic (exact) mass is 321 g/mol. The lowest BCUT2D eigenvalue weighted by Crippen LogP contribution is -2.20. The van der Waals surface area contributed by atoms with Crippen molar-refractivity contribution in [1.82, 2.24) is 0 Å². The van der Waals surface area contributed by atoms with E-state index in [1.54, 1.807) is 12.0 Å². The van der Waals surface area contributed by atoms with Crippen LogP contribution in [0.2, 0.25) is 0 Å². The van der Waals surface area contributed by atoms with Crippen LogP contribution in [0.3, 0.4) is 0 Å². The largest absolute Gasteiger partial charge is 0.497 e. The summed E-state index contributed by atoms with van der Waals surface area (Å²) in [6.45, 7) is 2.17. The van der Waals surface area contributed by atoms with Crippen molar-refractivity contribution in [3.63, 3.8) is 0 Å². The van der Waals surface area contributed by atoms with Gasteiger partial charge in [-0.05, 0) is 42.2 Å². The number of unbranched alkanes of at least 4 members (excludes halogenated alkanes) is 1. The number of anilines is 1. The van der Waals surface area contributed by atoms with Gasteiger partial charge in [0.15, 0.2) is 0 Å². The first kappa shape index (κ1) is 16.3. The molecule has 0 spiro atoms. The number of rotatable bonds is 5. The molecule has 0 N–H and O–H groups in total. The number of benzene rings is 2. The molecule has 2 aromatic rings. The van der Waals surface area contributed by atoms with Crippen LogP contribution >= 0.6 is 0 Å². The van der Waals surface area contributed by atoms with Gasteiger partial charge in [-0.15, -0.1) is 0 Å². The fraction of sp³-hybridized carbons (Fsp3) is 0.286. The smallest absolute Gasteiger partial charge is 0.259 e. The Hall–Kier alpha value is -2.55. The van der Waals surface area contributed by atoms with Gasteiger partial charge in [-0.3, -0.25) is 4.79 Å². The topological polar surface area (TPSA) is 29.5 Å². The summed E-state index contributed by atoms with van der Waals surface area (Å²) in [6, 6.07) is 16.0.